The second kappa shape index (κ2) is 7.18. The molecule has 1 fully saturated rings. The number of amides is 1. The van der Waals surface area contributed by atoms with Gasteiger partial charge in [-0.15, -0.1) is 0 Å². The minimum absolute atomic E-state index is 0.198. The van der Waals surface area contributed by atoms with Crippen molar-refractivity contribution in [1.29, 1.82) is 0 Å². The lowest BCUT2D eigenvalue weighted by Crippen LogP contribution is -2.33. The van der Waals surface area contributed by atoms with E-state index in [0.29, 0.717) is 19.1 Å². The summed E-state index contributed by atoms with van der Waals surface area (Å²) in [6.45, 7) is 5.28. The smallest absolute Gasteiger partial charge is 0.226 e. The maximum Gasteiger partial charge on any atom is 0.226 e. The molecule has 1 aromatic carbocycles. The fourth-order valence-electron chi connectivity index (χ4n) is 2.74. The maximum atomic E-state index is 12.5. The zero-order valence-electron chi connectivity index (χ0n) is 13.7. The van der Waals surface area contributed by atoms with Crippen molar-refractivity contribution in [2.24, 2.45) is 0 Å². The Morgan fingerprint density at radius 3 is 2.78 bits per heavy atom. The molecule has 3 rings (SSSR count). The number of ether oxygens (including phenoxy) is 1. The highest BCUT2D eigenvalue weighted by Crippen LogP contribution is 2.29. The lowest BCUT2D eigenvalue weighted by Gasteiger charge is -2.22. The minimum Gasteiger partial charge on any atom is -0.493 e. The molecule has 3 nitrogen and oxygen atoms in total. The van der Waals surface area contributed by atoms with Crippen LogP contribution in [0.1, 0.15) is 36.0 Å². The van der Waals surface area contributed by atoms with E-state index in [-0.39, 0.29) is 5.91 Å². The SMILES string of the molecule is Cc1ccc(OCCC(=O)N(Cc2ccsc2)C2CC2)c(C)c1. The van der Waals surface area contributed by atoms with E-state index in [0.717, 1.165) is 30.7 Å². The summed E-state index contributed by atoms with van der Waals surface area (Å²) in [7, 11) is 0. The Bertz CT molecular complexity index is 662. The highest BCUT2D eigenvalue weighted by Gasteiger charge is 2.32. The summed E-state index contributed by atoms with van der Waals surface area (Å²) in [5, 5.41) is 4.18. The van der Waals surface area contributed by atoms with Crippen LogP contribution in [0.2, 0.25) is 0 Å². The van der Waals surface area contributed by atoms with Gasteiger partial charge < -0.3 is 9.64 Å². The molecule has 1 saturated carbocycles. The highest BCUT2D eigenvalue weighted by atomic mass is 32.1. The molecule has 122 valence electrons. The molecule has 0 N–H and O–H groups in total. The van der Waals surface area contributed by atoms with Gasteiger partial charge in [-0.2, -0.15) is 11.3 Å². The number of carbonyl (C=O) groups is 1. The maximum absolute atomic E-state index is 12.5. The molecule has 0 bridgehead atoms. The van der Waals surface area contributed by atoms with Gasteiger partial charge in [-0.25, -0.2) is 0 Å². The molecule has 1 amide bonds. The number of thiophene rings is 1. The third-order valence-electron chi connectivity index (χ3n) is 4.14. The highest BCUT2D eigenvalue weighted by molar-refractivity contribution is 7.07. The van der Waals surface area contributed by atoms with E-state index in [2.05, 4.69) is 29.8 Å². The van der Waals surface area contributed by atoms with E-state index in [1.807, 2.05) is 24.0 Å². The third-order valence-corrected chi connectivity index (χ3v) is 4.88. The zero-order chi connectivity index (χ0) is 16.2. The second-order valence-electron chi connectivity index (χ2n) is 6.25. The van der Waals surface area contributed by atoms with Gasteiger partial charge in [-0.05, 0) is 60.7 Å². The van der Waals surface area contributed by atoms with E-state index in [4.69, 9.17) is 4.74 Å². The van der Waals surface area contributed by atoms with E-state index in [1.165, 1.54) is 11.1 Å². The van der Waals surface area contributed by atoms with Gasteiger partial charge in [0.2, 0.25) is 5.91 Å². The molecule has 4 heteroatoms. The summed E-state index contributed by atoms with van der Waals surface area (Å²) >= 11 is 1.68. The summed E-state index contributed by atoms with van der Waals surface area (Å²) in [5.41, 5.74) is 3.57. The molecule has 2 aromatic rings. The average molecular weight is 329 g/mol. The van der Waals surface area contributed by atoms with Crippen LogP contribution in [0.5, 0.6) is 5.75 Å². The Balaban J connectivity index is 1.53. The van der Waals surface area contributed by atoms with Crippen LogP contribution in [0.25, 0.3) is 0 Å². The van der Waals surface area contributed by atoms with Gasteiger partial charge in [0.1, 0.15) is 5.75 Å². The molecule has 1 aromatic heterocycles. The number of nitrogens with zero attached hydrogens (tertiary/aromatic N) is 1. The Morgan fingerprint density at radius 2 is 2.13 bits per heavy atom. The van der Waals surface area contributed by atoms with E-state index in [9.17, 15) is 4.79 Å². The fraction of sp³-hybridized carbons (Fsp3) is 0.421. The first-order valence-corrected chi connectivity index (χ1v) is 9.08. The summed E-state index contributed by atoms with van der Waals surface area (Å²) in [6.07, 6.45) is 2.70. The normalized spacial score (nSPS) is 13.8. The van der Waals surface area contributed by atoms with Crippen LogP contribution in [-0.2, 0) is 11.3 Å². The molecule has 1 aliphatic rings. The first-order chi connectivity index (χ1) is 11.1. The number of aryl methyl sites for hydroxylation is 2. The van der Waals surface area contributed by atoms with Crippen LogP contribution in [0.3, 0.4) is 0 Å². The van der Waals surface area contributed by atoms with Crippen LogP contribution in [0.4, 0.5) is 0 Å². The zero-order valence-corrected chi connectivity index (χ0v) is 14.6. The van der Waals surface area contributed by atoms with Crippen molar-refractivity contribution in [1.82, 2.24) is 4.90 Å². The van der Waals surface area contributed by atoms with Crippen molar-refractivity contribution >= 4 is 17.2 Å². The van der Waals surface area contributed by atoms with Gasteiger partial charge in [0, 0.05) is 12.6 Å². The number of benzene rings is 1. The van der Waals surface area contributed by atoms with Crippen molar-refractivity contribution in [3.63, 3.8) is 0 Å². The molecule has 0 spiro atoms. The van der Waals surface area contributed by atoms with Gasteiger partial charge in [0.25, 0.3) is 0 Å². The molecule has 1 aliphatic carbocycles. The molecular formula is C19H23NO2S. The lowest BCUT2D eigenvalue weighted by atomic mass is 10.1. The van der Waals surface area contributed by atoms with Gasteiger partial charge in [0.15, 0.2) is 0 Å². The number of hydrogen-bond acceptors (Lipinski definition) is 3. The predicted molar refractivity (Wildman–Crippen MR) is 93.9 cm³/mol. The third kappa shape index (κ3) is 4.35. The number of hydrogen-bond donors (Lipinski definition) is 0. The van der Waals surface area contributed by atoms with Crippen LogP contribution >= 0.6 is 11.3 Å². The van der Waals surface area contributed by atoms with Crippen molar-refractivity contribution in [2.75, 3.05) is 6.61 Å². The molecule has 0 atom stereocenters. The molecule has 0 unspecified atom stereocenters. The quantitative estimate of drug-likeness (QED) is 0.757. The summed E-state index contributed by atoms with van der Waals surface area (Å²) in [6, 6.07) is 8.66. The van der Waals surface area contributed by atoms with Crippen LogP contribution in [0.15, 0.2) is 35.0 Å². The summed E-state index contributed by atoms with van der Waals surface area (Å²) in [5.74, 6) is 1.07. The Labute approximate surface area is 141 Å². The largest absolute Gasteiger partial charge is 0.493 e. The first kappa shape index (κ1) is 16.1. The van der Waals surface area contributed by atoms with E-state index in [1.54, 1.807) is 11.3 Å². The fourth-order valence-corrected chi connectivity index (χ4v) is 3.40. The molecule has 0 aliphatic heterocycles. The summed E-state index contributed by atoms with van der Waals surface area (Å²) in [4.78, 5) is 14.6. The van der Waals surface area contributed by atoms with Crippen molar-refractivity contribution in [3.8, 4) is 5.75 Å². The molecule has 0 radical (unpaired) electrons. The molecule has 23 heavy (non-hydrogen) atoms. The predicted octanol–water partition coefficient (Wildman–Crippen LogP) is 4.33. The molecule has 1 heterocycles. The summed E-state index contributed by atoms with van der Waals surface area (Å²) < 4.78 is 5.80. The number of rotatable bonds is 7. The van der Waals surface area contributed by atoms with Gasteiger partial charge in [-0.1, -0.05) is 17.7 Å². The van der Waals surface area contributed by atoms with Crippen molar-refractivity contribution in [2.45, 2.75) is 45.7 Å². The minimum atomic E-state index is 0.198. The van der Waals surface area contributed by atoms with Crippen LogP contribution < -0.4 is 4.74 Å². The standard InChI is InChI=1S/C19H23NO2S/c1-14-3-6-18(15(2)11-14)22-9-7-19(21)20(17-4-5-17)12-16-8-10-23-13-16/h3,6,8,10-11,13,17H,4-5,7,9,12H2,1-2H3. The first-order valence-electron chi connectivity index (χ1n) is 8.14. The second-order valence-corrected chi connectivity index (χ2v) is 7.03. The van der Waals surface area contributed by atoms with Gasteiger partial charge in [-0.3, -0.25) is 4.79 Å². The lowest BCUT2D eigenvalue weighted by molar-refractivity contribution is -0.132. The van der Waals surface area contributed by atoms with Crippen LogP contribution in [-0.4, -0.2) is 23.5 Å². The van der Waals surface area contributed by atoms with Crippen molar-refractivity contribution in [3.05, 3.63) is 51.7 Å². The van der Waals surface area contributed by atoms with Crippen molar-refractivity contribution < 1.29 is 9.53 Å². The van der Waals surface area contributed by atoms with E-state index >= 15 is 0 Å². The molecule has 0 saturated heterocycles. The average Bonchev–Trinajstić information content (AvgIpc) is 3.23. The van der Waals surface area contributed by atoms with Gasteiger partial charge >= 0.3 is 0 Å². The van der Waals surface area contributed by atoms with E-state index < -0.39 is 0 Å². The number of carbonyl (C=O) groups excluding carboxylic acids is 1. The van der Waals surface area contributed by atoms with Crippen LogP contribution in [0, 0.1) is 13.8 Å². The van der Waals surface area contributed by atoms with Gasteiger partial charge in [0.05, 0.1) is 13.0 Å². The molecular weight excluding hydrogens is 306 g/mol. The Kier molecular flexibility index (Phi) is 5.01. The Hall–Kier alpha value is -1.81. The monoisotopic (exact) mass is 329 g/mol. The topological polar surface area (TPSA) is 29.5 Å². The Morgan fingerprint density at radius 1 is 1.30 bits per heavy atom.